The maximum absolute atomic E-state index is 14.2. The van der Waals surface area contributed by atoms with Crippen molar-refractivity contribution in [2.75, 3.05) is 10.6 Å². The molecule has 9 heteroatoms. The van der Waals surface area contributed by atoms with Crippen LogP contribution in [0.1, 0.15) is 36.7 Å². The lowest BCUT2D eigenvalue weighted by molar-refractivity contribution is -0.114. The van der Waals surface area contributed by atoms with E-state index in [9.17, 15) is 22.4 Å². The van der Waals surface area contributed by atoms with Gasteiger partial charge in [0.1, 0.15) is 5.82 Å². The molecule has 2 rings (SSSR count). The molecule has 0 atom stereocenters. The SMILES string of the molecule is CC(=O)Nc1ccc(C)cc1NC(=O)c1cc(S(=O)(=O)NC(C)C)ccc1F. The first kappa shape index (κ1) is 21.5. The molecular formula is C19H22FN3O4S. The summed E-state index contributed by atoms with van der Waals surface area (Å²) in [6.45, 7) is 6.41. The number of anilines is 2. The van der Waals surface area contributed by atoms with Crippen LogP contribution in [0.3, 0.4) is 0 Å². The minimum atomic E-state index is -3.89. The summed E-state index contributed by atoms with van der Waals surface area (Å²) in [7, 11) is -3.89. The molecule has 2 amide bonds. The number of hydrogen-bond acceptors (Lipinski definition) is 4. The lowest BCUT2D eigenvalue weighted by Crippen LogP contribution is -2.30. The van der Waals surface area contributed by atoms with Crippen LogP contribution in [0.25, 0.3) is 0 Å². The third-order valence-corrected chi connectivity index (χ3v) is 5.27. The second-order valence-corrected chi connectivity index (χ2v) is 8.32. The van der Waals surface area contributed by atoms with Gasteiger partial charge in [-0.05, 0) is 56.7 Å². The summed E-state index contributed by atoms with van der Waals surface area (Å²) in [6, 6.07) is 7.59. The molecule has 150 valence electrons. The van der Waals surface area contributed by atoms with Gasteiger partial charge in [-0.25, -0.2) is 17.5 Å². The van der Waals surface area contributed by atoms with Crippen LogP contribution in [0, 0.1) is 12.7 Å². The zero-order valence-electron chi connectivity index (χ0n) is 16.0. The van der Waals surface area contributed by atoms with E-state index in [4.69, 9.17) is 0 Å². The predicted molar refractivity (Wildman–Crippen MR) is 105 cm³/mol. The van der Waals surface area contributed by atoms with Gasteiger partial charge in [0.05, 0.1) is 21.8 Å². The number of sulfonamides is 1. The van der Waals surface area contributed by atoms with Crippen molar-refractivity contribution >= 4 is 33.2 Å². The Morgan fingerprint density at radius 3 is 2.29 bits per heavy atom. The van der Waals surface area contributed by atoms with Crippen LogP contribution in [0.4, 0.5) is 15.8 Å². The molecule has 0 heterocycles. The maximum atomic E-state index is 14.2. The normalized spacial score (nSPS) is 11.4. The molecule has 28 heavy (non-hydrogen) atoms. The van der Waals surface area contributed by atoms with Gasteiger partial charge in [0.15, 0.2) is 0 Å². The van der Waals surface area contributed by atoms with E-state index in [0.29, 0.717) is 5.69 Å². The zero-order valence-corrected chi connectivity index (χ0v) is 16.8. The Morgan fingerprint density at radius 1 is 1.00 bits per heavy atom. The van der Waals surface area contributed by atoms with Crippen molar-refractivity contribution in [3.63, 3.8) is 0 Å². The molecule has 0 radical (unpaired) electrons. The molecule has 0 saturated heterocycles. The first-order chi connectivity index (χ1) is 13.0. The van der Waals surface area contributed by atoms with E-state index in [1.165, 1.54) is 6.92 Å². The van der Waals surface area contributed by atoms with Crippen LogP contribution in [0.15, 0.2) is 41.3 Å². The van der Waals surface area contributed by atoms with Crippen molar-refractivity contribution in [2.24, 2.45) is 0 Å². The van der Waals surface area contributed by atoms with E-state index < -0.39 is 27.3 Å². The summed E-state index contributed by atoms with van der Waals surface area (Å²) in [5.41, 5.74) is 0.995. The summed E-state index contributed by atoms with van der Waals surface area (Å²) in [5.74, 6) is -2.04. The standard InChI is InChI=1S/C19H22FN3O4S/c1-11(2)23-28(26,27)14-6-7-16(20)15(10-14)19(25)22-18-9-12(3)5-8-17(18)21-13(4)24/h5-11,23H,1-4H3,(H,21,24)(H,22,25). The molecule has 2 aromatic carbocycles. The zero-order chi connectivity index (χ0) is 21.1. The van der Waals surface area contributed by atoms with Crippen molar-refractivity contribution in [3.05, 3.63) is 53.3 Å². The molecule has 0 fully saturated rings. The van der Waals surface area contributed by atoms with E-state index in [0.717, 1.165) is 23.8 Å². The molecule has 0 saturated carbocycles. The number of carbonyl (C=O) groups excluding carboxylic acids is 2. The third kappa shape index (κ3) is 5.37. The van der Waals surface area contributed by atoms with E-state index in [1.807, 2.05) is 0 Å². The molecule has 3 N–H and O–H groups in total. The average molecular weight is 407 g/mol. The van der Waals surface area contributed by atoms with E-state index >= 15 is 0 Å². The Hall–Kier alpha value is -2.78. The summed E-state index contributed by atoms with van der Waals surface area (Å²) >= 11 is 0. The number of halogens is 1. The molecule has 0 aliphatic heterocycles. The lowest BCUT2D eigenvalue weighted by atomic mass is 10.1. The van der Waals surface area contributed by atoms with Gasteiger partial charge in [0.25, 0.3) is 5.91 Å². The van der Waals surface area contributed by atoms with Crippen LogP contribution in [-0.2, 0) is 14.8 Å². The smallest absolute Gasteiger partial charge is 0.258 e. The highest BCUT2D eigenvalue weighted by Gasteiger charge is 2.21. The van der Waals surface area contributed by atoms with Crippen molar-refractivity contribution < 1.29 is 22.4 Å². The molecule has 7 nitrogen and oxygen atoms in total. The Labute approximate surface area is 163 Å². The van der Waals surface area contributed by atoms with Gasteiger partial charge in [-0.15, -0.1) is 0 Å². The Bertz CT molecular complexity index is 1020. The van der Waals surface area contributed by atoms with Crippen LogP contribution in [0.2, 0.25) is 0 Å². The largest absolute Gasteiger partial charge is 0.325 e. The molecule has 0 bridgehead atoms. The number of aryl methyl sites for hydroxylation is 1. The highest BCUT2D eigenvalue weighted by Crippen LogP contribution is 2.25. The highest BCUT2D eigenvalue weighted by atomic mass is 32.2. The van der Waals surface area contributed by atoms with Gasteiger partial charge in [-0.3, -0.25) is 9.59 Å². The molecule has 2 aromatic rings. The van der Waals surface area contributed by atoms with Gasteiger partial charge in [-0.2, -0.15) is 0 Å². The summed E-state index contributed by atoms with van der Waals surface area (Å²) in [5, 5.41) is 5.10. The van der Waals surface area contributed by atoms with Crippen LogP contribution in [0.5, 0.6) is 0 Å². The number of amides is 2. The van der Waals surface area contributed by atoms with Crippen molar-refractivity contribution in [1.29, 1.82) is 0 Å². The maximum Gasteiger partial charge on any atom is 0.258 e. The predicted octanol–water partition coefficient (Wildman–Crippen LogP) is 3.03. The van der Waals surface area contributed by atoms with Gasteiger partial charge < -0.3 is 10.6 Å². The fourth-order valence-corrected chi connectivity index (χ4v) is 3.75. The van der Waals surface area contributed by atoms with Gasteiger partial charge in [0, 0.05) is 13.0 Å². The monoisotopic (exact) mass is 407 g/mol. The number of rotatable bonds is 6. The van der Waals surface area contributed by atoms with Crippen molar-refractivity contribution in [2.45, 2.75) is 38.6 Å². The lowest BCUT2D eigenvalue weighted by Gasteiger charge is -2.14. The Balaban J connectivity index is 2.39. The fraction of sp³-hybridized carbons (Fsp3) is 0.263. The molecular weight excluding hydrogens is 385 g/mol. The van der Waals surface area contributed by atoms with Gasteiger partial charge in [0.2, 0.25) is 15.9 Å². The molecule has 0 aromatic heterocycles. The fourth-order valence-electron chi connectivity index (χ4n) is 2.47. The van der Waals surface area contributed by atoms with E-state index in [1.54, 1.807) is 39.0 Å². The second kappa shape index (κ2) is 8.49. The van der Waals surface area contributed by atoms with Gasteiger partial charge >= 0.3 is 0 Å². The highest BCUT2D eigenvalue weighted by molar-refractivity contribution is 7.89. The van der Waals surface area contributed by atoms with Crippen molar-refractivity contribution in [1.82, 2.24) is 4.72 Å². The van der Waals surface area contributed by atoms with E-state index in [2.05, 4.69) is 15.4 Å². The Morgan fingerprint density at radius 2 is 1.68 bits per heavy atom. The molecule has 0 unspecified atom stereocenters. The summed E-state index contributed by atoms with van der Waals surface area (Å²) in [6.07, 6.45) is 0. The first-order valence-corrected chi connectivity index (χ1v) is 9.99. The minimum Gasteiger partial charge on any atom is -0.325 e. The number of carbonyl (C=O) groups is 2. The second-order valence-electron chi connectivity index (χ2n) is 6.60. The topological polar surface area (TPSA) is 104 Å². The van der Waals surface area contributed by atoms with E-state index in [-0.39, 0.29) is 22.5 Å². The number of benzene rings is 2. The third-order valence-electron chi connectivity index (χ3n) is 3.62. The van der Waals surface area contributed by atoms with Crippen LogP contribution in [-0.4, -0.2) is 26.3 Å². The summed E-state index contributed by atoms with van der Waals surface area (Å²) < 4.78 is 41.2. The first-order valence-electron chi connectivity index (χ1n) is 8.51. The number of nitrogens with one attached hydrogen (secondary N) is 3. The molecule has 0 spiro atoms. The van der Waals surface area contributed by atoms with Gasteiger partial charge in [-0.1, -0.05) is 6.07 Å². The summed E-state index contributed by atoms with van der Waals surface area (Å²) in [4.78, 5) is 23.7. The minimum absolute atomic E-state index is 0.223. The number of hydrogen-bond donors (Lipinski definition) is 3. The molecule has 0 aliphatic carbocycles. The van der Waals surface area contributed by atoms with Crippen LogP contribution >= 0.6 is 0 Å². The van der Waals surface area contributed by atoms with Crippen molar-refractivity contribution in [3.8, 4) is 0 Å². The Kier molecular flexibility index (Phi) is 6.52. The average Bonchev–Trinajstić information content (AvgIpc) is 2.56. The molecule has 0 aliphatic rings. The van der Waals surface area contributed by atoms with Crippen LogP contribution < -0.4 is 15.4 Å². The quantitative estimate of drug-likeness (QED) is 0.685.